The summed E-state index contributed by atoms with van der Waals surface area (Å²) in [6.45, 7) is 2.10. The maximum Gasteiger partial charge on any atom is 0.0540 e. The molecule has 0 spiro atoms. The normalized spacial score (nSPS) is 12.6. The van der Waals surface area contributed by atoms with Gasteiger partial charge in [-0.05, 0) is 38.1 Å². The Kier molecular flexibility index (Phi) is 3.54. The lowest BCUT2D eigenvalue weighted by atomic mass is 10.0. The van der Waals surface area contributed by atoms with Crippen molar-refractivity contribution in [3.05, 3.63) is 47.5 Å². The van der Waals surface area contributed by atoms with Gasteiger partial charge in [0.15, 0.2) is 0 Å². The van der Waals surface area contributed by atoms with Crippen molar-refractivity contribution in [2.45, 2.75) is 19.4 Å². The molecule has 1 unspecified atom stereocenters. The highest BCUT2D eigenvalue weighted by Gasteiger charge is 2.15. The van der Waals surface area contributed by atoms with Gasteiger partial charge < -0.3 is 5.32 Å². The van der Waals surface area contributed by atoms with E-state index < -0.39 is 0 Å². The Hall–Kier alpha value is -1.68. The fourth-order valence-electron chi connectivity index (χ4n) is 1.98. The molecule has 0 aliphatic carbocycles. The van der Waals surface area contributed by atoms with Crippen LogP contribution in [0.5, 0.6) is 0 Å². The number of pyridine rings is 1. The van der Waals surface area contributed by atoms with Gasteiger partial charge in [-0.1, -0.05) is 0 Å². The quantitative estimate of drug-likeness (QED) is 0.868. The van der Waals surface area contributed by atoms with Crippen LogP contribution in [0.25, 0.3) is 0 Å². The average Bonchev–Trinajstić information content (AvgIpc) is 2.69. The summed E-state index contributed by atoms with van der Waals surface area (Å²) >= 11 is 0. The summed E-state index contributed by atoms with van der Waals surface area (Å²) in [5.74, 6) is 0. The van der Waals surface area contributed by atoms with Gasteiger partial charge >= 0.3 is 0 Å². The SMILES string of the molecule is CNC(Cc1ccncc1)c1cnn(C)c1C. The minimum atomic E-state index is 0.297. The van der Waals surface area contributed by atoms with E-state index in [1.54, 1.807) is 0 Å². The first kappa shape index (κ1) is 11.8. The van der Waals surface area contributed by atoms with E-state index in [0.717, 1.165) is 6.42 Å². The van der Waals surface area contributed by atoms with Gasteiger partial charge in [0, 0.05) is 36.7 Å². The standard InChI is InChI=1S/C13H18N4/c1-10-12(9-16-17(10)3)13(14-2)8-11-4-6-15-7-5-11/h4-7,9,13-14H,8H2,1-3H3. The van der Waals surface area contributed by atoms with Crippen LogP contribution in [0.2, 0.25) is 0 Å². The Bertz CT molecular complexity index is 475. The van der Waals surface area contributed by atoms with Crippen molar-refractivity contribution in [2.75, 3.05) is 7.05 Å². The number of nitrogens with zero attached hydrogens (tertiary/aromatic N) is 3. The van der Waals surface area contributed by atoms with Crippen LogP contribution in [0.3, 0.4) is 0 Å². The number of aryl methyl sites for hydroxylation is 1. The molecule has 0 aliphatic rings. The maximum atomic E-state index is 4.29. The first-order valence-corrected chi connectivity index (χ1v) is 5.77. The molecular formula is C13H18N4. The maximum absolute atomic E-state index is 4.29. The van der Waals surface area contributed by atoms with Crippen molar-refractivity contribution >= 4 is 0 Å². The summed E-state index contributed by atoms with van der Waals surface area (Å²) in [5.41, 5.74) is 3.74. The summed E-state index contributed by atoms with van der Waals surface area (Å²) in [7, 11) is 3.95. The monoisotopic (exact) mass is 230 g/mol. The second kappa shape index (κ2) is 5.10. The highest BCUT2D eigenvalue weighted by atomic mass is 15.3. The lowest BCUT2D eigenvalue weighted by Crippen LogP contribution is -2.19. The Morgan fingerprint density at radius 2 is 2.06 bits per heavy atom. The number of hydrogen-bond donors (Lipinski definition) is 1. The van der Waals surface area contributed by atoms with E-state index in [-0.39, 0.29) is 0 Å². The molecule has 0 amide bonds. The molecule has 0 radical (unpaired) electrons. The molecule has 2 heterocycles. The van der Waals surface area contributed by atoms with E-state index >= 15 is 0 Å². The van der Waals surface area contributed by atoms with Gasteiger partial charge in [0.05, 0.1) is 6.20 Å². The molecule has 2 aromatic rings. The smallest absolute Gasteiger partial charge is 0.0540 e. The van der Waals surface area contributed by atoms with E-state index in [1.165, 1.54) is 16.8 Å². The van der Waals surface area contributed by atoms with Crippen molar-refractivity contribution < 1.29 is 0 Å². The lowest BCUT2D eigenvalue weighted by Gasteiger charge is -2.16. The van der Waals surface area contributed by atoms with Crippen LogP contribution in [0, 0.1) is 6.92 Å². The second-order valence-corrected chi connectivity index (χ2v) is 4.21. The largest absolute Gasteiger partial charge is 0.313 e. The molecule has 0 saturated heterocycles. The fourth-order valence-corrected chi connectivity index (χ4v) is 1.98. The summed E-state index contributed by atoms with van der Waals surface area (Å²) in [6, 6.07) is 4.40. The van der Waals surface area contributed by atoms with Gasteiger partial charge in [-0.15, -0.1) is 0 Å². The number of hydrogen-bond acceptors (Lipinski definition) is 3. The predicted molar refractivity (Wildman–Crippen MR) is 67.7 cm³/mol. The van der Waals surface area contributed by atoms with Crippen LogP contribution in [0.4, 0.5) is 0 Å². The zero-order valence-corrected chi connectivity index (χ0v) is 10.5. The summed E-state index contributed by atoms with van der Waals surface area (Å²) in [6.07, 6.45) is 6.56. The summed E-state index contributed by atoms with van der Waals surface area (Å²) in [5, 5.41) is 7.64. The molecule has 0 fully saturated rings. The highest BCUT2D eigenvalue weighted by Crippen LogP contribution is 2.20. The zero-order chi connectivity index (χ0) is 12.3. The number of likely N-dealkylation sites (N-methyl/N-ethyl adjacent to an activating group) is 1. The van der Waals surface area contributed by atoms with E-state index in [2.05, 4.69) is 34.5 Å². The first-order chi connectivity index (χ1) is 8.22. The minimum Gasteiger partial charge on any atom is -0.313 e. The van der Waals surface area contributed by atoms with Gasteiger partial charge in [0.25, 0.3) is 0 Å². The molecule has 0 bridgehead atoms. The Balaban J connectivity index is 2.20. The van der Waals surface area contributed by atoms with Gasteiger partial charge in [0.1, 0.15) is 0 Å². The Morgan fingerprint density at radius 3 is 2.59 bits per heavy atom. The molecule has 4 nitrogen and oxygen atoms in total. The van der Waals surface area contributed by atoms with E-state index in [1.807, 2.05) is 37.4 Å². The predicted octanol–water partition coefficient (Wildman–Crippen LogP) is 1.63. The van der Waals surface area contributed by atoms with Crippen LogP contribution < -0.4 is 5.32 Å². The highest BCUT2D eigenvalue weighted by molar-refractivity contribution is 5.23. The third-order valence-corrected chi connectivity index (χ3v) is 3.19. The average molecular weight is 230 g/mol. The van der Waals surface area contributed by atoms with E-state index in [0.29, 0.717) is 6.04 Å². The van der Waals surface area contributed by atoms with Crippen molar-refractivity contribution in [2.24, 2.45) is 7.05 Å². The molecule has 4 heteroatoms. The van der Waals surface area contributed by atoms with Gasteiger partial charge in [-0.2, -0.15) is 5.10 Å². The van der Waals surface area contributed by atoms with Crippen molar-refractivity contribution in [1.82, 2.24) is 20.1 Å². The lowest BCUT2D eigenvalue weighted by molar-refractivity contribution is 0.586. The molecule has 2 aromatic heterocycles. The number of rotatable bonds is 4. The molecule has 1 atom stereocenters. The topological polar surface area (TPSA) is 42.7 Å². The van der Waals surface area contributed by atoms with Gasteiger partial charge in [-0.25, -0.2) is 0 Å². The van der Waals surface area contributed by atoms with Crippen LogP contribution in [0.1, 0.15) is 22.9 Å². The number of aromatic nitrogens is 3. The first-order valence-electron chi connectivity index (χ1n) is 5.77. The molecule has 90 valence electrons. The molecule has 2 rings (SSSR count). The Labute approximate surface area is 102 Å². The van der Waals surface area contributed by atoms with E-state index in [4.69, 9.17) is 0 Å². The van der Waals surface area contributed by atoms with Crippen LogP contribution in [0.15, 0.2) is 30.7 Å². The van der Waals surface area contributed by atoms with Crippen molar-refractivity contribution in [3.8, 4) is 0 Å². The Morgan fingerprint density at radius 1 is 1.35 bits per heavy atom. The molecule has 0 aromatic carbocycles. The van der Waals surface area contributed by atoms with Crippen molar-refractivity contribution in [1.29, 1.82) is 0 Å². The van der Waals surface area contributed by atoms with Crippen molar-refractivity contribution in [3.63, 3.8) is 0 Å². The second-order valence-electron chi connectivity index (χ2n) is 4.21. The molecule has 0 saturated carbocycles. The molecule has 0 aliphatic heterocycles. The third-order valence-electron chi connectivity index (χ3n) is 3.19. The number of nitrogens with one attached hydrogen (secondary N) is 1. The summed E-state index contributed by atoms with van der Waals surface area (Å²) < 4.78 is 1.91. The van der Waals surface area contributed by atoms with Gasteiger partial charge in [-0.3, -0.25) is 9.67 Å². The van der Waals surface area contributed by atoms with E-state index in [9.17, 15) is 0 Å². The molecule has 17 heavy (non-hydrogen) atoms. The molecular weight excluding hydrogens is 212 g/mol. The molecule has 1 N–H and O–H groups in total. The van der Waals surface area contributed by atoms with Crippen LogP contribution in [-0.4, -0.2) is 21.8 Å². The minimum absolute atomic E-state index is 0.297. The van der Waals surface area contributed by atoms with Gasteiger partial charge in [0.2, 0.25) is 0 Å². The summed E-state index contributed by atoms with van der Waals surface area (Å²) in [4.78, 5) is 4.04. The third kappa shape index (κ3) is 2.53. The van der Waals surface area contributed by atoms with Crippen LogP contribution >= 0.6 is 0 Å². The fraction of sp³-hybridized carbons (Fsp3) is 0.385. The zero-order valence-electron chi connectivity index (χ0n) is 10.5. The van der Waals surface area contributed by atoms with Crippen LogP contribution in [-0.2, 0) is 13.5 Å².